The standard InChI is InChI=1S/C27H25N5/c1-18-16-20(28)13-14-21(18)27-31-25-11-6-5-10-22(25)26(32-27)30-17-23(24-12-7-15-29-24)19-8-3-2-4-9-19/h2-16,23,29H,17,28H2,1H3,(H,30,31,32). The zero-order valence-corrected chi connectivity index (χ0v) is 17.9. The van der Waals surface area contributed by atoms with Gasteiger partial charge in [0.05, 0.1) is 5.52 Å². The molecule has 3 aromatic carbocycles. The van der Waals surface area contributed by atoms with Gasteiger partial charge in [-0.1, -0.05) is 42.5 Å². The fourth-order valence-corrected chi connectivity index (χ4v) is 4.12. The van der Waals surface area contributed by atoms with Gasteiger partial charge in [0.2, 0.25) is 0 Å². The minimum atomic E-state index is 0.168. The number of nitrogens with two attached hydrogens (primary N) is 1. The molecule has 1 atom stereocenters. The number of benzene rings is 3. The number of hydrogen-bond acceptors (Lipinski definition) is 4. The first-order valence-corrected chi connectivity index (χ1v) is 10.7. The van der Waals surface area contributed by atoms with E-state index in [0.29, 0.717) is 12.4 Å². The molecule has 0 radical (unpaired) electrons. The summed E-state index contributed by atoms with van der Waals surface area (Å²) in [6, 6.07) is 28.6. The van der Waals surface area contributed by atoms with Gasteiger partial charge in [0, 0.05) is 41.0 Å². The first kappa shape index (κ1) is 19.8. The predicted molar refractivity (Wildman–Crippen MR) is 132 cm³/mol. The third-order valence-corrected chi connectivity index (χ3v) is 5.77. The lowest BCUT2D eigenvalue weighted by atomic mass is 9.95. The maximum atomic E-state index is 5.95. The summed E-state index contributed by atoms with van der Waals surface area (Å²) in [5.74, 6) is 1.69. The second kappa shape index (κ2) is 8.55. The molecule has 2 heterocycles. The van der Waals surface area contributed by atoms with Crippen molar-refractivity contribution in [1.29, 1.82) is 0 Å². The molecule has 5 aromatic rings. The van der Waals surface area contributed by atoms with Gasteiger partial charge in [-0.05, 0) is 60.5 Å². The first-order valence-electron chi connectivity index (χ1n) is 10.7. The molecule has 0 amide bonds. The summed E-state index contributed by atoms with van der Waals surface area (Å²) < 4.78 is 0. The average molecular weight is 420 g/mol. The summed E-state index contributed by atoms with van der Waals surface area (Å²) in [6.07, 6.45) is 1.97. The van der Waals surface area contributed by atoms with E-state index in [2.05, 4.69) is 46.7 Å². The van der Waals surface area contributed by atoms with Gasteiger partial charge in [0.1, 0.15) is 5.82 Å². The summed E-state index contributed by atoms with van der Waals surface area (Å²) in [5, 5.41) is 4.62. The molecular formula is C27H25N5. The summed E-state index contributed by atoms with van der Waals surface area (Å²) >= 11 is 0. The van der Waals surface area contributed by atoms with E-state index in [1.54, 1.807) is 0 Å². The largest absolute Gasteiger partial charge is 0.399 e. The lowest BCUT2D eigenvalue weighted by Gasteiger charge is -2.19. The van der Waals surface area contributed by atoms with Crippen LogP contribution in [0.4, 0.5) is 11.5 Å². The van der Waals surface area contributed by atoms with Crippen molar-refractivity contribution in [3.05, 3.63) is 108 Å². The van der Waals surface area contributed by atoms with E-state index in [9.17, 15) is 0 Å². The highest BCUT2D eigenvalue weighted by Gasteiger charge is 2.17. The van der Waals surface area contributed by atoms with Gasteiger partial charge in [0.25, 0.3) is 0 Å². The van der Waals surface area contributed by atoms with E-state index < -0.39 is 0 Å². The van der Waals surface area contributed by atoms with Crippen LogP contribution in [0.15, 0.2) is 91.1 Å². The fraction of sp³-hybridized carbons (Fsp3) is 0.111. The third-order valence-electron chi connectivity index (χ3n) is 5.77. The number of para-hydroxylation sites is 1. The molecule has 0 saturated carbocycles. The Kier molecular flexibility index (Phi) is 5.30. The van der Waals surface area contributed by atoms with E-state index in [1.807, 2.05) is 61.7 Å². The Morgan fingerprint density at radius 3 is 2.50 bits per heavy atom. The number of anilines is 2. The Morgan fingerprint density at radius 1 is 0.906 bits per heavy atom. The fourth-order valence-electron chi connectivity index (χ4n) is 4.12. The van der Waals surface area contributed by atoms with Crippen molar-refractivity contribution in [2.24, 2.45) is 0 Å². The van der Waals surface area contributed by atoms with Gasteiger partial charge in [-0.3, -0.25) is 0 Å². The Bertz CT molecular complexity index is 1340. The number of fused-ring (bicyclic) bond motifs is 1. The SMILES string of the molecule is Cc1cc(N)ccc1-c1nc(NCC(c2ccccc2)c2ccc[nH]2)c2ccccc2n1. The van der Waals surface area contributed by atoms with E-state index in [1.165, 1.54) is 5.56 Å². The van der Waals surface area contributed by atoms with Crippen molar-refractivity contribution < 1.29 is 0 Å². The molecule has 2 aromatic heterocycles. The molecular weight excluding hydrogens is 394 g/mol. The molecule has 0 aliphatic carbocycles. The quantitative estimate of drug-likeness (QED) is 0.306. The summed E-state index contributed by atoms with van der Waals surface area (Å²) in [7, 11) is 0. The van der Waals surface area contributed by atoms with Gasteiger partial charge in [-0.15, -0.1) is 0 Å². The minimum absolute atomic E-state index is 0.168. The van der Waals surface area contributed by atoms with Crippen molar-refractivity contribution in [3.8, 4) is 11.4 Å². The molecule has 0 fully saturated rings. The maximum absolute atomic E-state index is 5.95. The summed E-state index contributed by atoms with van der Waals surface area (Å²) in [5.41, 5.74) is 12.0. The number of nitrogens with zero attached hydrogens (tertiary/aromatic N) is 2. The summed E-state index contributed by atoms with van der Waals surface area (Å²) in [6.45, 7) is 2.74. The Morgan fingerprint density at radius 2 is 1.72 bits per heavy atom. The number of aromatic nitrogens is 3. The zero-order chi connectivity index (χ0) is 21.9. The molecule has 4 N–H and O–H groups in total. The first-order chi connectivity index (χ1) is 15.7. The van der Waals surface area contributed by atoms with Crippen LogP contribution in [0.25, 0.3) is 22.3 Å². The van der Waals surface area contributed by atoms with Crippen LogP contribution in [0.2, 0.25) is 0 Å². The van der Waals surface area contributed by atoms with Crippen LogP contribution < -0.4 is 11.1 Å². The molecule has 1 unspecified atom stereocenters. The van der Waals surface area contributed by atoms with Crippen molar-refractivity contribution in [2.45, 2.75) is 12.8 Å². The van der Waals surface area contributed by atoms with Crippen LogP contribution in [0.1, 0.15) is 22.7 Å². The Labute approximate surface area is 187 Å². The Hall–Kier alpha value is -4.12. The normalized spacial score (nSPS) is 12.0. The average Bonchev–Trinajstić information content (AvgIpc) is 3.34. The highest BCUT2D eigenvalue weighted by molar-refractivity contribution is 5.90. The van der Waals surface area contributed by atoms with Crippen LogP contribution >= 0.6 is 0 Å². The minimum Gasteiger partial charge on any atom is -0.399 e. The molecule has 5 nitrogen and oxygen atoms in total. The molecule has 5 rings (SSSR count). The monoisotopic (exact) mass is 419 g/mol. The van der Waals surface area contributed by atoms with Crippen molar-refractivity contribution in [3.63, 3.8) is 0 Å². The number of hydrogen-bond donors (Lipinski definition) is 3. The molecule has 0 saturated heterocycles. The van der Waals surface area contributed by atoms with Gasteiger partial charge in [-0.2, -0.15) is 0 Å². The van der Waals surface area contributed by atoms with Crippen LogP contribution in [0.5, 0.6) is 0 Å². The topological polar surface area (TPSA) is 79.6 Å². The molecule has 32 heavy (non-hydrogen) atoms. The van der Waals surface area contributed by atoms with Crippen molar-refractivity contribution >= 4 is 22.4 Å². The number of nitrogen functional groups attached to an aromatic ring is 1. The summed E-state index contributed by atoms with van der Waals surface area (Å²) in [4.78, 5) is 13.1. The lowest BCUT2D eigenvalue weighted by Crippen LogP contribution is -2.16. The molecule has 0 aliphatic heterocycles. The number of nitrogens with one attached hydrogen (secondary N) is 2. The third kappa shape index (κ3) is 3.93. The highest BCUT2D eigenvalue weighted by Crippen LogP contribution is 2.29. The van der Waals surface area contributed by atoms with Crippen LogP contribution in [-0.2, 0) is 0 Å². The number of aryl methyl sites for hydroxylation is 1. The number of rotatable bonds is 6. The lowest BCUT2D eigenvalue weighted by molar-refractivity contribution is 0.822. The smallest absolute Gasteiger partial charge is 0.162 e. The number of H-pyrrole nitrogens is 1. The van der Waals surface area contributed by atoms with Crippen LogP contribution in [-0.4, -0.2) is 21.5 Å². The molecule has 0 spiro atoms. The Balaban J connectivity index is 1.54. The van der Waals surface area contributed by atoms with Crippen molar-refractivity contribution in [2.75, 3.05) is 17.6 Å². The van der Waals surface area contributed by atoms with Gasteiger partial charge < -0.3 is 16.0 Å². The van der Waals surface area contributed by atoms with Crippen LogP contribution in [0, 0.1) is 6.92 Å². The molecule has 0 aliphatic rings. The maximum Gasteiger partial charge on any atom is 0.162 e. The second-order valence-corrected chi connectivity index (χ2v) is 7.96. The van der Waals surface area contributed by atoms with Crippen LogP contribution in [0.3, 0.4) is 0 Å². The van der Waals surface area contributed by atoms with Crippen molar-refractivity contribution in [1.82, 2.24) is 15.0 Å². The van der Waals surface area contributed by atoms with Gasteiger partial charge in [0.15, 0.2) is 5.82 Å². The van der Waals surface area contributed by atoms with E-state index in [0.717, 1.165) is 39.2 Å². The zero-order valence-electron chi connectivity index (χ0n) is 17.9. The molecule has 158 valence electrons. The molecule has 0 bridgehead atoms. The van der Waals surface area contributed by atoms with E-state index >= 15 is 0 Å². The van der Waals surface area contributed by atoms with E-state index in [-0.39, 0.29) is 5.92 Å². The highest BCUT2D eigenvalue weighted by atomic mass is 15.0. The predicted octanol–water partition coefficient (Wildman–Crippen LogP) is 5.76. The molecule has 5 heteroatoms. The second-order valence-electron chi connectivity index (χ2n) is 7.96. The number of aromatic amines is 1. The van der Waals surface area contributed by atoms with Gasteiger partial charge in [-0.25, -0.2) is 9.97 Å². The van der Waals surface area contributed by atoms with Gasteiger partial charge >= 0.3 is 0 Å². The van der Waals surface area contributed by atoms with E-state index in [4.69, 9.17) is 15.7 Å².